The smallest absolute Gasteiger partial charge is 0.240 e. The molecule has 4 nitrogen and oxygen atoms in total. The van der Waals surface area contributed by atoms with Gasteiger partial charge in [0.25, 0.3) is 0 Å². The zero-order valence-corrected chi connectivity index (χ0v) is 10.2. The molecule has 1 rings (SSSR count). The van der Waals surface area contributed by atoms with E-state index < -0.39 is 0 Å². The lowest BCUT2D eigenvalue weighted by atomic mass is 10.1. The van der Waals surface area contributed by atoms with Gasteiger partial charge in [0, 0.05) is 13.0 Å². The molecule has 1 aliphatic heterocycles. The molecule has 2 amide bonds. The van der Waals surface area contributed by atoms with E-state index in [9.17, 15) is 9.59 Å². The molecule has 2 N–H and O–H groups in total. The quantitative estimate of drug-likeness (QED) is 0.767. The first-order chi connectivity index (χ1) is 7.52. The van der Waals surface area contributed by atoms with Crippen molar-refractivity contribution >= 4 is 11.8 Å². The summed E-state index contributed by atoms with van der Waals surface area (Å²) >= 11 is 0. The summed E-state index contributed by atoms with van der Waals surface area (Å²) in [5.74, 6) is 0.343. The van der Waals surface area contributed by atoms with Crippen LogP contribution in [0.15, 0.2) is 0 Å². The highest BCUT2D eigenvalue weighted by Gasteiger charge is 2.31. The molecule has 1 saturated heterocycles. The number of nitrogens with zero attached hydrogens (tertiary/aromatic N) is 1. The molecule has 4 heteroatoms. The van der Waals surface area contributed by atoms with E-state index in [-0.39, 0.29) is 17.9 Å². The fourth-order valence-corrected chi connectivity index (χ4v) is 2.17. The number of rotatable bonds is 5. The van der Waals surface area contributed by atoms with Crippen LogP contribution in [0.2, 0.25) is 0 Å². The lowest BCUT2D eigenvalue weighted by Crippen LogP contribution is -2.43. The van der Waals surface area contributed by atoms with E-state index in [0.29, 0.717) is 18.9 Å². The maximum atomic E-state index is 11.9. The Kier molecular flexibility index (Phi) is 4.77. The predicted molar refractivity (Wildman–Crippen MR) is 62.6 cm³/mol. The van der Waals surface area contributed by atoms with Crippen molar-refractivity contribution in [3.05, 3.63) is 0 Å². The fraction of sp³-hybridized carbons (Fsp3) is 0.833. The second-order valence-electron chi connectivity index (χ2n) is 4.93. The highest BCUT2D eigenvalue weighted by atomic mass is 16.2. The van der Waals surface area contributed by atoms with Crippen LogP contribution in [0.25, 0.3) is 0 Å². The van der Waals surface area contributed by atoms with Gasteiger partial charge in [-0.3, -0.25) is 9.59 Å². The van der Waals surface area contributed by atoms with Crippen LogP contribution in [0.5, 0.6) is 0 Å². The molecular weight excluding hydrogens is 204 g/mol. The van der Waals surface area contributed by atoms with E-state index in [0.717, 1.165) is 25.7 Å². The van der Waals surface area contributed by atoms with Crippen LogP contribution in [-0.4, -0.2) is 29.3 Å². The molecule has 92 valence electrons. The molecule has 0 aliphatic carbocycles. The molecule has 0 aromatic rings. The molecule has 1 unspecified atom stereocenters. The maximum absolute atomic E-state index is 11.9. The van der Waals surface area contributed by atoms with Crippen LogP contribution < -0.4 is 5.73 Å². The molecule has 1 aliphatic rings. The molecular formula is C12H22N2O2. The minimum absolute atomic E-state index is 0.0851. The zero-order chi connectivity index (χ0) is 12.1. The third-order valence-electron chi connectivity index (χ3n) is 3.07. The van der Waals surface area contributed by atoms with E-state index in [1.165, 1.54) is 0 Å². The second-order valence-corrected chi connectivity index (χ2v) is 4.93. The van der Waals surface area contributed by atoms with Gasteiger partial charge in [0.05, 0.1) is 0 Å². The third kappa shape index (κ3) is 3.51. The number of nitrogens with two attached hydrogens (primary N) is 1. The van der Waals surface area contributed by atoms with Gasteiger partial charge in [-0.1, -0.05) is 20.3 Å². The van der Waals surface area contributed by atoms with Gasteiger partial charge < -0.3 is 10.6 Å². The fourth-order valence-electron chi connectivity index (χ4n) is 2.17. The average molecular weight is 226 g/mol. The third-order valence-corrected chi connectivity index (χ3v) is 3.07. The van der Waals surface area contributed by atoms with Crippen LogP contribution in [0, 0.1) is 5.92 Å². The number of primary amides is 1. The van der Waals surface area contributed by atoms with Crippen molar-refractivity contribution in [3.63, 3.8) is 0 Å². The van der Waals surface area contributed by atoms with Crippen molar-refractivity contribution < 1.29 is 9.59 Å². The Morgan fingerprint density at radius 1 is 1.44 bits per heavy atom. The van der Waals surface area contributed by atoms with Gasteiger partial charge in [0.1, 0.15) is 6.04 Å². The van der Waals surface area contributed by atoms with Gasteiger partial charge >= 0.3 is 0 Å². The van der Waals surface area contributed by atoms with Gasteiger partial charge in [-0.2, -0.15) is 0 Å². The summed E-state index contributed by atoms with van der Waals surface area (Å²) in [6, 6.07) is -0.355. The first kappa shape index (κ1) is 13.0. The van der Waals surface area contributed by atoms with Crippen molar-refractivity contribution in [3.8, 4) is 0 Å². The van der Waals surface area contributed by atoms with Crippen LogP contribution >= 0.6 is 0 Å². The number of likely N-dealkylation sites (tertiary alicyclic amines) is 1. The number of carbonyl (C=O) groups excluding carboxylic acids is 2. The molecule has 0 aromatic heterocycles. The SMILES string of the molecule is CC(C)CCCC(=O)N1CCCC1C(N)=O. The highest BCUT2D eigenvalue weighted by Crippen LogP contribution is 2.19. The molecule has 0 bridgehead atoms. The summed E-state index contributed by atoms with van der Waals surface area (Å²) in [7, 11) is 0. The van der Waals surface area contributed by atoms with Gasteiger partial charge in [0.15, 0.2) is 0 Å². The van der Waals surface area contributed by atoms with E-state index in [2.05, 4.69) is 13.8 Å². The maximum Gasteiger partial charge on any atom is 0.240 e. The minimum atomic E-state index is -0.366. The summed E-state index contributed by atoms with van der Waals surface area (Å²) < 4.78 is 0. The number of hydrogen-bond donors (Lipinski definition) is 1. The minimum Gasteiger partial charge on any atom is -0.368 e. The second kappa shape index (κ2) is 5.87. The first-order valence-corrected chi connectivity index (χ1v) is 6.11. The van der Waals surface area contributed by atoms with Crippen molar-refractivity contribution in [2.75, 3.05) is 6.54 Å². The molecule has 0 saturated carbocycles. The van der Waals surface area contributed by atoms with Crippen molar-refractivity contribution in [1.29, 1.82) is 0 Å². The topological polar surface area (TPSA) is 63.4 Å². The molecule has 1 heterocycles. The summed E-state index contributed by atoms with van der Waals surface area (Å²) in [6.45, 7) is 4.98. The monoisotopic (exact) mass is 226 g/mol. The molecule has 16 heavy (non-hydrogen) atoms. The van der Waals surface area contributed by atoms with E-state index in [1.54, 1.807) is 4.90 Å². The molecule has 0 spiro atoms. The Morgan fingerprint density at radius 3 is 2.69 bits per heavy atom. The Morgan fingerprint density at radius 2 is 2.12 bits per heavy atom. The van der Waals surface area contributed by atoms with Crippen LogP contribution in [0.4, 0.5) is 0 Å². The average Bonchev–Trinajstić information content (AvgIpc) is 2.65. The lowest BCUT2D eigenvalue weighted by molar-refractivity contribution is -0.137. The largest absolute Gasteiger partial charge is 0.368 e. The Bertz CT molecular complexity index is 264. The van der Waals surface area contributed by atoms with Crippen LogP contribution in [-0.2, 0) is 9.59 Å². The van der Waals surface area contributed by atoms with Crippen LogP contribution in [0.3, 0.4) is 0 Å². The normalized spacial score (nSPS) is 20.4. The van der Waals surface area contributed by atoms with E-state index >= 15 is 0 Å². The lowest BCUT2D eigenvalue weighted by Gasteiger charge is -2.22. The summed E-state index contributed by atoms with van der Waals surface area (Å²) in [5.41, 5.74) is 5.27. The van der Waals surface area contributed by atoms with Crippen molar-refractivity contribution in [2.45, 2.75) is 52.0 Å². The number of carbonyl (C=O) groups is 2. The summed E-state index contributed by atoms with van der Waals surface area (Å²) in [6.07, 6.45) is 4.12. The molecule has 1 fully saturated rings. The van der Waals surface area contributed by atoms with Gasteiger partial charge in [0.2, 0.25) is 11.8 Å². The molecule has 0 radical (unpaired) electrons. The van der Waals surface area contributed by atoms with Gasteiger partial charge in [-0.05, 0) is 25.2 Å². The first-order valence-electron chi connectivity index (χ1n) is 6.11. The standard InChI is InChI=1S/C12H22N2O2/c1-9(2)5-3-7-11(15)14-8-4-6-10(14)12(13)16/h9-10H,3-8H2,1-2H3,(H2,13,16). The zero-order valence-electron chi connectivity index (χ0n) is 10.2. The Balaban J connectivity index is 2.38. The van der Waals surface area contributed by atoms with Crippen LogP contribution in [0.1, 0.15) is 46.0 Å². The van der Waals surface area contributed by atoms with Gasteiger partial charge in [-0.25, -0.2) is 0 Å². The number of hydrogen-bond acceptors (Lipinski definition) is 2. The van der Waals surface area contributed by atoms with Crippen molar-refractivity contribution in [1.82, 2.24) is 4.90 Å². The van der Waals surface area contributed by atoms with E-state index in [4.69, 9.17) is 5.73 Å². The predicted octanol–water partition coefficient (Wildman–Crippen LogP) is 1.29. The summed E-state index contributed by atoms with van der Waals surface area (Å²) in [5, 5.41) is 0. The van der Waals surface area contributed by atoms with Crippen molar-refractivity contribution in [2.24, 2.45) is 11.7 Å². The highest BCUT2D eigenvalue weighted by molar-refractivity contribution is 5.87. The summed E-state index contributed by atoms with van der Waals surface area (Å²) in [4.78, 5) is 24.6. The Labute approximate surface area is 97.2 Å². The van der Waals surface area contributed by atoms with Gasteiger partial charge in [-0.15, -0.1) is 0 Å². The molecule has 1 atom stereocenters. The number of amides is 2. The Hall–Kier alpha value is -1.06. The van der Waals surface area contributed by atoms with E-state index in [1.807, 2.05) is 0 Å². The molecule has 0 aromatic carbocycles.